The zero-order valence-corrected chi connectivity index (χ0v) is 11.5. The van der Waals surface area contributed by atoms with Crippen molar-refractivity contribution >= 4 is 5.91 Å². The smallest absolute Gasteiger partial charge is 0.327 e. The number of benzene rings is 1. The minimum Gasteiger partial charge on any atom is -0.327 e. The van der Waals surface area contributed by atoms with Crippen molar-refractivity contribution in [3.8, 4) is 0 Å². The molecular formula is C14H11F4N3O. The standard InChI is InChI=1S/C14H11F4N3O/c1-20-12-7-21(6-8(12)5-19-20)13(22)14(17,18)9-2-10(15)4-11(16)3-9/h2-5H,6-7H2,1H3. The molecule has 0 fully saturated rings. The highest BCUT2D eigenvalue weighted by Gasteiger charge is 2.46. The van der Waals surface area contributed by atoms with E-state index in [1.807, 2.05) is 0 Å². The van der Waals surface area contributed by atoms with E-state index in [4.69, 9.17) is 0 Å². The number of carbonyl (C=O) groups is 1. The lowest BCUT2D eigenvalue weighted by Gasteiger charge is -2.23. The van der Waals surface area contributed by atoms with E-state index in [0.29, 0.717) is 29.5 Å². The molecule has 1 aromatic carbocycles. The molecule has 0 atom stereocenters. The van der Waals surface area contributed by atoms with Gasteiger partial charge in [-0.3, -0.25) is 9.48 Å². The number of alkyl halides is 2. The topological polar surface area (TPSA) is 38.1 Å². The van der Waals surface area contributed by atoms with E-state index in [0.717, 1.165) is 4.90 Å². The van der Waals surface area contributed by atoms with Crippen LogP contribution in [0.2, 0.25) is 0 Å². The summed E-state index contributed by atoms with van der Waals surface area (Å²) in [5.74, 6) is -7.81. The molecule has 1 aromatic heterocycles. The Labute approximate surface area is 122 Å². The molecule has 4 nitrogen and oxygen atoms in total. The predicted molar refractivity (Wildman–Crippen MR) is 67.7 cm³/mol. The van der Waals surface area contributed by atoms with Gasteiger partial charge in [-0.05, 0) is 12.1 Å². The molecule has 0 unspecified atom stereocenters. The second-order valence-electron chi connectivity index (χ2n) is 5.13. The summed E-state index contributed by atoms with van der Waals surface area (Å²) in [6.07, 6.45) is 1.50. The maximum absolute atomic E-state index is 14.2. The van der Waals surface area contributed by atoms with Crippen molar-refractivity contribution in [2.24, 2.45) is 7.05 Å². The largest absolute Gasteiger partial charge is 0.350 e. The van der Waals surface area contributed by atoms with Gasteiger partial charge >= 0.3 is 5.92 Å². The summed E-state index contributed by atoms with van der Waals surface area (Å²) in [6, 6.07) is 1.40. The number of aromatic nitrogens is 2. The SMILES string of the molecule is Cn1ncc2c1CN(C(=O)C(F)(F)c1cc(F)cc(F)c1)C2. The molecule has 0 saturated heterocycles. The molecule has 2 aromatic rings. The highest BCUT2D eigenvalue weighted by Crippen LogP contribution is 2.34. The van der Waals surface area contributed by atoms with Crippen LogP contribution in [-0.4, -0.2) is 20.6 Å². The second kappa shape index (κ2) is 4.82. The summed E-state index contributed by atoms with van der Waals surface area (Å²) < 4.78 is 56.2. The molecule has 8 heteroatoms. The van der Waals surface area contributed by atoms with Crippen LogP contribution in [0.4, 0.5) is 17.6 Å². The van der Waals surface area contributed by atoms with E-state index < -0.39 is 29.0 Å². The molecule has 1 amide bonds. The Bertz CT molecular complexity index is 736. The number of hydrogen-bond acceptors (Lipinski definition) is 2. The molecule has 116 valence electrons. The van der Waals surface area contributed by atoms with Crippen molar-refractivity contribution in [1.29, 1.82) is 0 Å². The number of aryl methyl sites for hydroxylation is 1. The van der Waals surface area contributed by atoms with Crippen LogP contribution in [0.5, 0.6) is 0 Å². The fourth-order valence-corrected chi connectivity index (χ4v) is 2.49. The van der Waals surface area contributed by atoms with Crippen molar-refractivity contribution in [2.45, 2.75) is 19.0 Å². The van der Waals surface area contributed by atoms with Gasteiger partial charge in [0.2, 0.25) is 0 Å². The molecule has 22 heavy (non-hydrogen) atoms. The Kier molecular flexibility index (Phi) is 3.19. The van der Waals surface area contributed by atoms with Crippen LogP contribution in [0.3, 0.4) is 0 Å². The lowest BCUT2D eigenvalue weighted by atomic mass is 10.1. The van der Waals surface area contributed by atoms with Crippen LogP contribution in [0.15, 0.2) is 24.4 Å². The number of amides is 1. The van der Waals surface area contributed by atoms with Crippen LogP contribution in [0.25, 0.3) is 0 Å². The molecule has 0 N–H and O–H groups in total. The van der Waals surface area contributed by atoms with E-state index in [-0.39, 0.29) is 13.1 Å². The second-order valence-corrected chi connectivity index (χ2v) is 5.13. The molecule has 0 saturated carbocycles. The summed E-state index contributed by atoms with van der Waals surface area (Å²) in [4.78, 5) is 13.0. The predicted octanol–water partition coefficient (Wildman–Crippen LogP) is 2.33. The minimum atomic E-state index is -4.00. The minimum absolute atomic E-state index is 0.00457. The Hall–Kier alpha value is -2.38. The van der Waals surface area contributed by atoms with Gasteiger partial charge in [-0.2, -0.15) is 13.9 Å². The van der Waals surface area contributed by atoms with E-state index in [2.05, 4.69) is 5.10 Å². The Morgan fingerprint density at radius 3 is 2.41 bits per heavy atom. The molecule has 0 radical (unpaired) electrons. The van der Waals surface area contributed by atoms with E-state index >= 15 is 0 Å². The van der Waals surface area contributed by atoms with Crippen molar-refractivity contribution in [3.05, 3.63) is 52.9 Å². The Balaban J connectivity index is 1.88. The first kappa shape index (κ1) is 14.6. The monoisotopic (exact) mass is 313 g/mol. The van der Waals surface area contributed by atoms with Gasteiger partial charge in [0.25, 0.3) is 5.91 Å². The van der Waals surface area contributed by atoms with Crippen LogP contribution >= 0.6 is 0 Å². The van der Waals surface area contributed by atoms with Gasteiger partial charge in [0.05, 0.1) is 18.4 Å². The number of halogens is 4. The fraction of sp³-hybridized carbons (Fsp3) is 0.286. The summed E-state index contributed by atoms with van der Waals surface area (Å²) in [7, 11) is 1.65. The third-order valence-corrected chi connectivity index (χ3v) is 3.63. The molecule has 1 aliphatic heterocycles. The Morgan fingerprint density at radius 2 is 1.82 bits per heavy atom. The molecular weight excluding hydrogens is 302 g/mol. The molecule has 1 aliphatic rings. The maximum Gasteiger partial charge on any atom is 0.350 e. The molecule has 0 bridgehead atoms. The van der Waals surface area contributed by atoms with E-state index in [1.54, 1.807) is 7.05 Å². The number of rotatable bonds is 2. The zero-order chi connectivity index (χ0) is 16.1. The summed E-state index contributed by atoms with van der Waals surface area (Å²) in [6.45, 7) is -0.0204. The molecule has 2 heterocycles. The van der Waals surface area contributed by atoms with Crippen molar-refractivity contribution in [2.75, 3.05) is 0 Å². The van der Waals surface area contributed by atoms with Gasteiger partial charge in [0.1, 0.15) is 11.6 Å². The summed E-state index contributed by atoms with van der Waals surface area (Å²) in [5.41, 5.74) is 0.343. The lowest BCUT2D eigenvalue weighted by Crippen LogP contribution is -2.39. The van der Waals surface area contributed by atoms with Gasteiger partial charge in [0.15, 0.2) is 0 Å². The van der Waals surface area contributed by atoms with E-state index in [9.17, 15) is 22.4 Å². The molecule has 3 rings (SSSR count). The normalized spacial score (nSPS) is 14.3. The van der Waals surface area contributed by atoms with Crippen molar-refractivity contribution in [3.63, 3.8) is 0 Å². The first-order chi connectivity index (χ1) is 10.3. The highest BCUT2D eigenvalue weighted by molar-refractivity contribution is 5.85. The van der Waals surface area contributed by atoms with Gasteiger partial charge in [0, 0.05) is 30.8 Å². The van der Waals surface area contributed by atoms with Crippen LogP contribution in [0, 0.1) is 11.6 Å². The van der Waals surface area contributed by atoms with E-state index in [1.165, 1.54) is 10.9 Å². The first-order valence-corrected chi connectivity index (χ1v) is 6.42. The van der Waals surface area contributed by atoms with Gasteiger partial charge < -0.3 is 4.90 Å². The van der Waals surface area contributed by atoms with Gasteiger partial charge in [-0.1, -0.05) is 0 Å². The van der Waals surface area contributed by atoms with Gasteiger partial charge in [-0.15, -0.1) is 0 Å². The number of hydrogen-bond donors (Lipinski definition) is 0. The van der Waals surface area contributed by atoms with Crippen LogP contribution in [0.1, 0.15) is 16.8 Å². The average Bonchev–Trinajstić information content (AvgIpc) is 2.99. The Morgan fingerprint density at radius 1 is 1.18 bits per heavy atom. The lowest BCUT2D eigenvalue weighted by molar-refractivity contribution is -0.159. The van der Waals surface area contributed by atoms with Crippen molar-refractivity contribution < 1.29 is 22.4 Å². The van der Waals surface area contributed by atoms with Crippen molar-refractivity contribution in [1.82, 2.24) is 14.7 Å². The highest BCUT2D eigenvalue weighted by atomic mass is 19.3. The number of fused-ring (bicyclic) bond motifs is 1. The van der Waals surface area contributed by atoms with Crippen LogP contribution < -0.4 is 0 Å². The number of nitrogens with zero attached hydrogens (tertiary/aromatic N) is 3. The zero-order valence-electron chi connectivity index (χ0n) is 11.5. The quantitative estimate of drug-likeness (QED) is 0.798. The number of carbonyl (C=O) groups excluding carboxylic acids is 1. The van der Waals surface area contributed by atoms with Crippen LogP contribution in [-0.2, 0) is 30.9 Å². The molecule has 0 spiro atoms. The summed E-state index contributed by atoms with van der Waals surface area (Å²) >= 11 is 0. The fourth-order valence-electron chi connectivity index (χ4n) is 2.49. The average molecular weight is 313 g/mol. The summed E-state index contributed by atoms with van der Waals surface area (Å²) in [5, 5.41) is 3.97. The first-order valence-electron chi connectivity index (χ1n) is 6.42. The third kappa shape index (κ3) is 2.24. The third-order valence-electron chi connectivity index (χ3n) is 3.63. The maximum atomic E-state index is 14.2. The molecule has 0 aliphatic carbocycles. The van der Waals surface area contributed by atoms with Gasteiger partial charge in [-0.25, -0.2) is 8.78 Å².